The lowest BCUT2D eigenvalue weighted by molar-refractivity contribution is 0.106. The first-order chi connectivity index (χ1) is 17.4. The first kappa shape index (κ1) is 28.6. The van der Waals surface area contributed by atoms with Crippen LogP contribution in [0.15, 0.2) is 72.8 Å². The molecular weight excluding hydrogens is 486 g/mol. The third kappa shape index (κ3) is 6.86. The van der Waals surface area contributed by atoms with E-state index in [4.69, 9.17) is 14.2 Å². The second-order valence-corrected chi connectivity index (χ2v) is 9.64. The van der Waals surface area contributed by atoms with Crippen LogP contribution in [0.1, 0.15) is 50.3 Å². The number of ether oxygens (including phenoxy) is 3. The van der Waals surface area contributed by atoms with Gasteiger partial charge >= 0.3 is 0 Å². The molecule has 5 nitrogen and oxygen atoms in total. The fourth-order valence-electron chi connectivity index (χ4n) is 4.62. The van der Waals surface area contributed by atoms with E-state index < -0.39 is 11.7 Å². The molecule has 0 spiro atoms. The van der Waals surface area contributed by atoms with E-state index in [9.17, 15) is 5.11 Å². The van der Waals surface area contributed by atoms with E-state index >= 15 is 0 Å². The van der Waals surface area contributed by atoms with E-state index in [-0.39, 0.29) is 19.0 Å². The van der Waals surface area contributed by atoms with Crippen LogP contribution in [0.4, 0.5) is 0 Å². The molecule has 3 aromatic carbocycles. The number of hydrogen-bond donors (Lipinski definition) is 2. The lowest BCUT2D eigenvalue weighted by Crippen LogP contribution is -2.34. The quantitative estimate of drug-likeness (QED) is 0.286. The standard InChI is InChI=1S/C31H37NO4.ClH/c1-5-6-18-32-20-24(33)21-35-25-14-12-22(13-15-25)29-27-17-16-26(34-4)19-28(27)36-31(2,3)30(29)23-10-8-7-9-11-23;/h7-17,19,24,32-33H,5-6,18,20-21H2,1-4H3;1H. The van der Waals surface area contributed by atoms with Crippen molar-refractivity contribution in [3.8, 4) is 17.2 Å². The summed E-state index contributed by atoms with van der Waals surface area (Å²) in [4.78, 5) is 0. The van der Waals surface area contributed by atoms with Crippen LogP contribution < -0.4 is 19.5 Å². The fourth-order valence-corrected chi connectivity index (χ4v) is 4.62. The van der Waals surface area contributed by atoms with Gasteiger partial charge in [-0.1, -0.05) is 55.8 Å². The molecular formula is C31H38ClNO4. The van der Waals surface area contributed by atoms with Crippen molar-refractivity contribution in [2.75, 3.05) is 26.8 Å². The molecule has 6 heteroatoms. The van der Waals surface area contributed by atoms with Gasteiger partial charge in [0.15, 0.2) is 0 Å². The zero-order chi connectivity index (χ0) is 25.5. The van der Waals surface area contributed by atoms with Crippen LogP contribution >= 0.6 is 12.4 Å². The van der Waals surface area contributed by atoms with E-state index in [1.807, 2.05) is 30.3 Å². The Hall–Kier alpha value is -2.99. The molecule has 0 aromatic heterocycles. The van der Waals surface area contributed by atoms with Gasteiger partial charge in [0, 0.05) is 29.3 Å². The Morgan fingerprint density at radius 1 is 0.946 bits per heavy atom. The SMILES string of the molecule is CCCCNCC(O)COc1ccc(C2=C(c3ccccc3)C(C)(C)Oc3cc(OC)ccc32)cc1.Cl. The predicted molar refractivity (Wildman–Crippen MR) is 153 cm³/mol. The molecule has 0 radical (unpaired) electrons. The van der Waals surface area contributed by atoms with Crippen LogP contribution in [-0.2, 0) is 0 Å². The topological polar surface area (TPSA) is 60.0 Å². The molecule has 2 N–H and O–H groups in total. The molecule has 0 aliphatic carbocycles. The Bertz CT molecular complexity index is 1180. The molecule has 0 amide bonds. The van der Waals surface area contributed by atoms with Crippen LogP contribution in [0, 0.1) is 0 Å². The van der Waals surface area contributed by atoms with Crippen molar-refractivity contribution in [3.05, 3.63) is 89.5 Å². The second kappa shape index (κ2) is 13.0. The average molecular weight is 524 g/mol. The van der Waals surface area contributed by atoms with Crippen LogP contribution in [-0.4, -0.2) is 43.6 Å². The summed E-state index contributed by atoms with van der Waals surface area (Å²) in [7, 11) is 1.67. The van der Waals surface area contributed by atoms with E-state index in [1.165, 1.54) is 0 Å². The minimum absolute atomic E-state index is 0. The molecule has 1 aliphatic rings. The summed E-state index contributed by atoms with van der Waals surface area (Å²) in [6.45, 7) is 8.05. The molecule has 1 heterocycles. The van der Waals surface area contributed by atoms with Gasteiger partial charge in [0.2, 0.25) is 0 Å². The lowest BCUT2D eigenvalue weighted by atomic mass is 9.79. The van der Waals surface area contributed by atoms with Crippen LogP contribution in [0.2, 0.25) is 0 Å². The summed E-state index contributed by atoms with van der Waals surface area (Å²) < 4.78 is 17.9. The van der Waals surface area contributed by atoms with E-state index in [1.54, 1.807) is 7.11 Å². The zero-order valence-electron chi connectivity index (χ0n) is 22.1. The van der Waals surface area contributed by atoms with Gasteiger partial charge in [-0.3, -0.25) is 0 Å². The summed E-state index contributed by atoms with van der Waals surface area (Å²) in [6.07, 6.45) is 1.69. The molecule has 0 bridgehead atoms. The fraction of sp³-hybridized carbons (Fsp3) is 0.355. The first-order valence-electron chi connectivity index (χ1n) is 12.7. The number of fused-ring (bicyclic) bond motifs is 1. The van der Waals surface area contributed by atoms with Crippen molar-refractivity contribution >= 4 is 23.6 Å². The first-order valence-corrected chi connectivity index (χ1v) is 12.7. The molecule has 37 heavy (non-hydrogen) atoms. The number of aliphatic hydroxyl groups excluding tert-OH is 1. The predicted octanol–water partition coefficient (Wildman–Crippen LogP) is 6.38. The average Bonchev–Trinajstić information content (AvgIpc) is 2.89. The van der Waals surface area contributed by atoms with Gasteiger partial charge < -0.3 is 24.6 Å². The maximum absolute atomic E-state index is 10.2. The summed E-state index contributed by atoms with van der Waals surface area (Å²) in [6, 6.07) is 24.5. The van der Waals surface area contributed by atoms with Crippen molar-refractivity contribution < 1.29 is 19.3 Å². The summed E-state index contributed by atoms with van der Waals surface area (Å²) in [5.74, 6) is 2.29. The monoisotopic (exact) mass is 523 g/mol. The number of halogens is 1. The highest BCUT2D eigenvalue weighted by Gasteiger charge is 2.36. The molecule has 1 atom stereocenters. The van der Waals surface area contributed by atoms with E-state index in [0.29, 0.717) is 6.54 Å². The van der Waals surface area contributed by atoms with Crippen molar-refractivity contribution in [3.63, 3.8) is 0 Å². The number of unbranched alkanes of at least 4 members (excludes halogenated alkanes) is 1. The van der Waals surface area contributed by atoms with Crippen LogP contribution in [0.3, 0.4) is 0 Å². The number of rotatable bonds is 11. The van der Waals surface area contributed by atoms with Gasteiger partial charge in [-0.25, -0.2) is 0 Å². The number of methoxy groups -OCH3 is 1. The van der Waals surface area contributed by atoms with E-state index in [2.05, 4.69) is 68.6 Å². The Morgan fingerprint density at radius 3 is 2.32 bits per heavy atom. The Morgan fingerprint density at radius 2 is 1.65 bits per heavy atom. The molecule has 3 aromatic rings. The highest BCUT2D eigenvalue weighted by Crippen LogP contribution is 2.48. The number of aliphatic hydroxyl groups is 1. The zero-order valence-corrected chi connectivity index (χ0v) is 22.9. The van der Waals surface area contributed by atoms with Crippen LogP contribution in [0.25, 0.3) is 11.1 Å². The summed E-state index contributed by atoms with van der Waals surface area (Å²) >= 11 is 0. The Balaban J connectivity index is 0.00000380. The van der Waals surface area contributed by atoms with Gasteiger partial charge in [-0.05, 0) is 62.2 Å². The third-order valence-electron chi connectivity index (χ3n) is 6.41. The van der Waals surface area contributed by atoms with E-state index in [0.717, 1.165) is 64.5 Å². The minimum Gasteiger partial charge on any atom is -0.497 e. The number of nitrogens with one attached hydrogen (secondary N) is 1. The smallest absolute Gasteiger partial charge is 0.132 e. The van der Waals surface area contributed by atoms with Crippen molar-refractivity contribution in [2.45, 2.75) is 45.3 Å². The van der Waals surface area contributed by atoms with Gasteiger partial charge in [-0.15, -0.1) is 12.4 Å². The van der Waals surface area contributed by atoms with Crippen molar-refractivity contribution in [2.24, 2.45) is 0 Å². The molecule has 0 saturated carbocycles. The maximum Gasteiger partial charge on any atom is 0.132 e. The number of hydrogen-bond acceptors (Lipinski definition) is 5. The molecule has 0 fully saturated rings. The van der Waals surface area contributed by atoms with Gasteiger partial charge in [0.05, 0.1) is 7.11 Å². The Labute approximate surface area is 226 Å². The molecule has 4 rings (SSSR count). The van der Waals surface area contributed by atoms with Gasteiger partial charge in [0.1, 0.15) is 35.6 Å². The number of benzene rings is 3. The van der Waals surface area contributed by atoms with Gasteiger partial charge in [-0.2, -0.15) is 0 Å². The lowest BCUT2D eigenvalue weighted by Gasteiger charge is -2.38. The molecule has 1 unspecified atom stereocenters. The Kier molecular flexibility index (Phi) is 10.0. The van der Waals surface area contributed by atoms with Crippen LogP contribution in [0.5, 0.6) is 17.2 Å². The van der Waals surface area contributed by atoms with Crippen molar-refractivity contribution in [1.82, 2.24) is 5.32 Å². The molecule has 1 aliphatic heterocycles. The molecule has 0 saturated heterocycles. The molecule has 198 valence electrons. The third-order valence-corrected chi connectivity index (χ3v) is 6.41. The largest absolute Gasteiger partial charge is 0.497 e. The van der Waals surface area contributed by atoms with Crippen molar-refractivity contribution in [1.29, 1.82) is 0 Å². The van der Waals surface area contributed by atoms with Gasteiger partial charge in [0.25, 0.3) is 0 Å². The summed E-state index contributed by atoms with van der Waals surface area (Å²) in [5, 5.41) is 13.5. The maximum atomic E-state index is 10.2. The second-order valence-electron chi connectivity index (χ2n) is 9.64. The highest BCUT2D eigenvalue weighted by molar-refractivity contribution is 6.04. The highest BCUT2D eigenvalue weighted by atomic mass is 35.5. The minimum atomic E-state index is -0.555. The normalized spacial score (nSPS) is 14.7. The summed E-state index contributed by atoms with van der Waals surface area (Å²) in [5.41, 5.74) is 4.92.